The van der Waals surface area contributed by atoms with Crippen molar-refractivity contribution in [3.63, 3.8) is 0 Å². The molecule has 0 unspecified atom stereocenters. The van der Waals surface area contributed by atoms with Crippen molar-refractivity contribution in [1.29, 1.82) is 0 Å². The molecule has 3 N–H and O–H groups in total. The van der Waals surface area contributed by atoms with Gasteiger partial charge in [0.1, 0.15) is 5.82 Å². The van der Waals surface area contributed by atoms with E-state index in [1.54, 1.807) is 23.9 Å². The summed E-state index contributed by atoms with van der Waals surface area (Å²) in [4.78, 5) is 24.6. The van der Waals surface area contributed by atoms with Crippen molar-refractivity contribution in [3.8, 4) is 0 Å². The summed E-state index contributed by atoms with van der Waals surface area (Å²) in [5.41, 5.74) is 0.671. The summed E-state index contributed by atoms with van der Waals surface area (Å²) in [5.74, 6) is 0.261. The molecule has 6 nitrogen and oxygen atoms in total. The summed E-state index contributed by atoms with van der Waals surface area (Å²) in [7, 11) is 0. The van der Waals surface area contributed by atoms with Gasteiger partial charge >= 0.3 is 12.0 Å². The van der Waals surface area contributed by atoms with Gasteiger partial charge in [-0.1, -0.05) is 25.1 Å². The first kappa shape index (κ1) is 20.5. The predicted octanol–water partition coefficient (Wildman–Crippen LogP) is 2.30. The number of carbonyl (C=O) groups is 2. The second-order valence-electron chi connectivity index (χ2n) is 6.32. The van der Waals surface area contributed by atoms with Crippen LogP contribution in [0, 0.1) is 5.82 Å². The maximum atomic E-state index is 13.5. The third kappa shape index (κ3) is 6.49. The van der Waals surface area contributed by atoms with Crippen LogP contribution in [-0.4, -0.2) is 59.5 Å². The number of urea groups is 1. The molecule has 0 saturated heterocycles. The topological polar surface area (TPSA) is 81.7 Å². The molecule has 26 heavy (non-hydrogen) atoms. The van der Waals surface area contributed by atoms with Crippen molar-refractivity contribution < 1.29 is 19.1 Å². The standard InChI is InChI=1S/C18H26FN3O3S/c1-2-22(11-17(23)24)15-9-14(10-15)21-18(25)20-7-8-26-12-13-5-3-4-6-16(13)19/h3-6,14-15H,2,7-12H2,1H3,(H,23,24)(H2,20,21,25). The SMILES string of the molecule is CCN(CC(=O)O)C1CC(NC(=O)NCCSCc2ccccc2F)C1. The number of carbonyl (C=O) groups excluding carboxylic acids is 1. The molecule has 0 atom stereocenters. The van der Waals surface area contributed by atoms with Gasteiger partial charge in [-0.2, -0.15) is 11.8 Å². The second-order valence-corrected chi connectivity index (χ2v) is 7.43. The molecule has 1 aromatic rings. The van der Waals surface area contributed by atoms with Gasteiger partial charge in [0.05, 0.1) is 6.54 Å². The zero-order valence-corrected chi connectivity index (χ0v) is 15.7. The number of carboxylic acids is 1. The van der Waals surface area contributed by atoms with Crippen LogP contribution >= 0.6 is 11.8 Å². The summed E-state index contributed by atoms with van der Waals surface area (Å²) >= 11 is 1.57. The fourth-order valence-corrected chi connectivity index (χ4v) is 3.79. The van der Waals surface area contributed by atoms with Crippen LogP contribution in [-0.2, 0) is 10.5 Å². The Morgan fingerprint density at radius 3 is 2.73 bits per heavy atom. The zero-order valence-electron chi connectivity index (χ0n) is 14.9. The maximum Gasteiger partial charge on any atom is 0.317 e. The Morgan fingerprint density at radius 2 is 2.08 bits per heavy atom. The first-order valence-electron chi connectivity index (χ1n) is 8.81. The minimum absolute atomic E-state index is 0.0410. The molecule has 0 aromatic heterocycles. The highest BCUT2D eigenvalue weighted by Gasteiger charge is 2.34. The molecule has 0 radical (unpaired) electrons. The van der Waals surface area contributed by atoms with Gasteiger partial charge in [-0.25, -0.2) is 9.18 Å². The van der Waals surface area contributed by atoms with Crippen LogP contribution in [0.2, 0.25) is 0 Å². The number of hydrogen-bond donors (Lipinski definition) is 3. The summed E-state index contributed by atoms with van der Waals surface area (Å²) in [6.07, 6.45) is 1.55. The number of likely N-dealkylation sites (N-methyl/N-ethyl adjacent to an activating group) is 1. The zero-order chi connectivity index (χ0) is 18.9. The number of nitrogens with one attached hydrogen (secondary N) is 2. The number of benzene rings is 1. The lowest BCUT2D eigenvalue weighted by molar-refractivity contribution is -0.139. The normalized spacial score (nSPS) is 19.0. The molecule has 144 valence electrons. The summed E-state index contributed by atoms with van der Waals surface area (Å²) in [5, 5.41) is 14.6. The third-order valence-corrected chi connectivity index (χ3v) is 5.46. The third-order valence-electron chi connectivity index (χ3n) is 4.46. The van der Waals surface area contributed by atoms with Crippen molar-refractivity contribution in [1.82, 2.24) is 15.5 Å². The quantitative estimate of drug-likeness (QED) is 0.540. The van der Waals surface area contributed by atoms with Gasteiger partial charge in [0.15, 0.2) is 0 Å². The minimum Gasteiger partial charge on any atom is -0.480 e. The molecule has 1 saturated carbocycles. The van der Waals surface area contributed by atoms with Gasteiger partial charge in [-0.15, -0.1) is 0 Å². The lowest BCUT2D eigenvalue weighted by atomic mass is 9.85. The van der Waals surface area contributed by atoms with E-state index in [2.05, 4.69) is 10.6 Å². The fraction of sp³-hybridized carbons (Fsp3) is 0.556. The molecule has 0 aliphatic heterocycles. The largest absolute Gasteiger partial charge is 0.480 e. The molecule has 0 spiro atoms. The van der Waals surface area contributed by atoms with Gasteiger partial charge in [0.2, 0.25) is 0 Å². The molecule has 8 heteroatoms. The maximum absolute atomic E-state index is 13.5. The lowest BCUT2D eigenvalue weighted by Gasteiger charge is -2.42. The van der Waals surface area contributed by atoms with Gasteiger partial charge in [0, 0.05) is 30.1 Å². The molecule has 1 aliphatic carbocycles. The molecular weight excluding hydrogens is 357 g/mol. The second kappa shape index (κ2) is 10.4. The van der Waals surface area contributed by atoms with E-state index in [-0.39, 0.29) is 30.5 Å². The van der Waals surface area contributed by atoms with Gasteiger partial charge in [-0.3, -0.25) is 9.69 Å². The Balaban J connectivity index is 1.55. The number of halogens is 1. The predicted molar refractivity (Wildman–Crippen MR) is 101 cm³/mol. The van der Waals surface area contributed by atoms with Crippen LogP contribution in [0.25, 0.3) is 0 Å². The number of amides is 2. The molecule has 2 rings (SSSR count). The average molecular weight is 383 g/mol. The van der Waals surface area contributed by atoms with Gasteiger partial charge < -0.3 is 15.7 Å². The Hall–Kier alpha value is -1.80. The smallest absolute Gasteiger partial charge is 0.317 e. The molecule has 1 fully saturated rings. The van der Waals surface area contributed by atoms with Crippen LogP contribution in [0.15, 0.2) is 24.3 Å². The summed E-state index contributed by atoms with van der Waals surface area (Å²) < 4.78 is 13.5. The molecule has 1 aromatic carbocycles. The van der Waals surface area contributed by atoms with Gasteiger partial charge in [0.25, 0.3) is 0 Å². The van der Waals surface area contributed by atoms with Crippen molar-refractivity contribution in [2.45, 2.75) is 37.6 Å². The van der Waals surface area contributed by atoms with Crippen LogP contribution < -0.4 is 10.6 Å². The molecule has 0 heterocycles. The number of hydrogen-bond acceptors (Lipinski definition) is 4. The number of nitrogens with zero attached hydrogens (tertiary/aromatic N) is 1. The van der Waals surface area contributed by atoms with E-state index in [1.165, 1.54) is 6.07 Å². The Morgan fingerprint density at radius 1 is 1.35 bits per heavy atom. The van der Waals surface area contributed by atoms with Crippen LogP contribution in [0.3, 0.4) is 0 Å². The first-order valence-corrected chi connectivity index (χ1v) is 9.96. The summed E-state index contributed by atoms with van der Waals surface area (Å²) in [6.45, 7) is 3.19. The van der Waals surface area contributed by atoms with Crippen molar-refractivity contribution in [2.24, 2.45) is 0 Å². The fourth-order valence-electron chi connectivity index (χ4n) is 2.95. The van der Waals surface area contributed by atoms with E-state index in [0.29, 0.717) is 30.2 Å². The van der Waals surface area contributed by atoms with Crippen molar-refractivity contribution >= 4 is 23.8 Å². The average Bonchev–Trinajstić information content (AvgIpc) is 2.57. The van der Waals surface area contributed by atoms with Crippen LogP contribution in [0.1, 0.15) is 25.3 Å². The number of rotatable bonds is 10. The molecule has 2 amide bonds. The van der Waals surface area contributed by atoms with Crippen LogP contribution in [0.4, 0.5) is 9.18 Å². The van der Waals surface area contributed by atoms with E-state index in [4.69, 9.17) is 5.11 Å². The minimum atomic E-state index is -0.825. The Labute approximate surface area is 157 Å². The van der Waals surface area contributed by atoms with E-state index in [1.807, 2.05) is 17.9 Å². The van der Waals surface area contributed by atoms with E-state index in [0.717, 1.165) is 12.8 Å². The Kier molecular flexibility index (Phi) is 8.18. The highest BCUT2D eigenvalue weighted by Crippen LogP contribution is 2.25. The highest BCUT2D eigenvalue weighted by molar-refractivity contribution is 7.98. The number of thioether (sulfide) groups is 1. The first-order chi connectivity index (χ1) is 12.5. The van der Waals surface area contributed by atoms with Crippen molar-refractivity contribution in [2.75, 3.05) is 25.4 Å². The van der Waals surface area contributed by atoms with E-state index in [9.17, 15) is 14.0 Å². The van der Waals surface area contributed by atoms with Crippen LogP contribution in [0.5, 0.6) is 0 Å². The monoisotopic (exact) mass is 383 g/mol. The van der Waals surface area contributed by atoms with E-state index < -0.39 is 5.97 Å². The lowest BCUT2D eigenvalue weighted by Crippen LogP contribution is -2.56. The number of carboxylic acid groups (broad SMARTS) is 1. The number of aliphatic carboxylic acids is 1. The highest BCUT2D eigenvalue weighted by atomic mass is 32.2. The van der Waals surface area contributed by atoms with Gasteiger partial charge in [-0.05, 0) is 31.0 Å². The Bertz CT molecular complexity index is 611. The van der Waals surface area contributed by atoms with E-state index >= 15 is 0 Å². The van der Waals surface area contributed by atoms with Crippen molar-refractivity contribution in [3.05, 3.63) is 35.6 Å². The molecule has 1 aliphatic rings. The molecule has 0 bridgehead atoms. The summed E-state index contributed by atoms with van der Waals surface area (Å²) in [6, 6.07) is 6.80. The molecular formula is C18H26FN3O3S.